The first-order chi connectivity index (χ1) is 13.7. The number of benzene rings is 2. The molecule has 1 aromatic heterocycles. The standard InChI is InChI=1S/C23H24N4O/c1-17-8-10-19(11-9-17)25-23(28)26-22-7-4-5-18-15-27(14-12-21(18)22)16-20-6-2-3-13-24-20/h2-11,13H,12,14-16H2,1H3,(H2,25,26,28). The largest absolute Gasteiger partial charge is 0.323 e. The van der Waals surface area contributed by atoms with Crippen LogP contribution in [0.1, 0.15) is 22.4 Å². The van der Waals surface area contributed by atoms with Crippen LogP contribution in [-0.4, -0.2) is 22.5 Å². The molecule has 5 heteroatoms. The molecule has 0 radical (unpaired) electrons. The topological polar surface area (TPSA) is 57.3 Å². The van der Waals surface area contributed by atoms with E-state index < -0.39 is 0 Å². The zero-order valence-corrected chi connectivity index (χ0v) is 16.0. The van der Waals surface area contributed by atoms with E-state index in [1.807, 2.05) is 61.7 Å². The third-order valence-corrected chi connectivity index (χ3v) is 5.01. The minimum atomic E-state index is -0.215. The van der Waals surface area contributed by atoms with Crippen molar-refractivity contribution in [2.75, 3.05) is 17.2 Å². The Morgan fingerprint density at radius 1 is 1.04 bits per heavy atom. The summed E-state index contributed by atoms with van der Waals surface area (Å²) in [5.74, 6) is 0. The smallest absolute Gasteiger partial charge is 0.308 e. The lowest BCUT2D eigenvalue weighted by molar-refractivity contribution is 0.243. The molecule has 28 heavy (non-hydrogen) atoms. The highest BCUT2D eigenvalue weighted by Crippen LogP contribution is 2.27. The van der Waals surface area contributed by atoms with E-state index in [0.717, 1.165) is 43.1 Å². The van der Waals surface area contributed by atoms with Crippen molar-refractivity contribution in [3.8, 4) is 0 Å². The van der Waals surface area contributed by atoms with Crippen molar-refractivity contribution < 1.29 is 4.79 Å². The van der Waals surface area contributed by atoms with Gasteiger partial charge in [-0.05, 0) is 54.8 Å². The zero-order chi connectivity index (χ0) is 19.3. The summed E-state index contributed by atoms with van der Waals surface area (Å²) in [6, 6.07) is 19.7. The van der Waals surface area contributed by atoms with E-state index in [9.17, 15) is 4.79 Å². The molecule has 0 unspecified atom stereocenters. The maximum atomic E-state index is 12.4. The lowest BCUT2D eigenvalue weighted by Crippen LogP contribution is -2.31. The van der Waals surface area contributed by atoms with Crippen LogP contribution in [0.15, 0.2) is 66.9 Å². The highest BCUT2D eigenvalue weighted by molar-refractivity contribution is 6.00. The molecule has 0 fully saturated rings. The molecular weight excluding hydrogens is 348 g/mol. The summed E-state index contributed by atoms with van der Waals surface area (Å²) in [7, 11) is 0. The Morgan fingerprint density at radius 3 is 2.68 bits per heavy atom. The first kappa shape index (κ1) is 18.2. The van der Waals surface area contributed by atoms with Gasteiger partial charge in [-0.2, -0.15) is 0 Å². The third kappa shape index (κ3) is 4.38. The Morgan fingerprint density at radius 2 is 1.89 bits per heavy atom. The van der Waals surface area contributed by atoms with Crippen molar-refractivity contribution in [3.63, 3.8) is 0 Å². The monoisotopic (exact) mass is 372 g/mol. The summed E-state index contributed by atoms with van der Waals surface area (Å²) in [6.45, 7) is 4.67. The van der Waals surface area contributed by atoms with Crippen molar-refractivity contribution in [3.05, 3.63) is 89.2 Å². The van der Waals surface area contributed by atoms with Crippen molar-refractivity contribution >= 4 is 17.4 Å². The van der Waals surface area contributed by atoms with Crippen LogP contribution < -0.4 is 10.6 Å². The van der Waals surface area contributed by atoms with Gasteiger partial charge in [0.1, 0.15) is 0 Å². The minimum absolute atomic E-state index is 0.215. The molecule has 2 N–H and O–H groups in total. The number of amides is 2. The van der Waals surface area contributed by atoms with Gasteiger partial charge in [0.05, 0.1) is 5.69 Å². The number of nitrogens with one attached hydrogen (secondary N) is 2. The van der Waals surface area contributed by atoms with E-state index in [1.165, 1.54) is 16.7 Å². The van der Waals surface area contributed by atoms with Gasteiger partial charge >= 0.3 is 6.03 Å². The predicted octanol–water partition coefficient (Wildman–Crippen LogP) is 4.59. The van der Waals surface area contributed by atoms with E-state index in [-0.39, 0.29) is 6.03 Å². The summed E-state index contributed by atoms with van der Waals surface area (Å²) >= 11 is 0. The average Bonchev–Trinajstić information content (AvgIpc) is 2.70. The Balaban J connectivity index is 1.42. The second-order valence-electron chi connectivity index (χ2n) is 7.17. The molecule has 2 aromatic carbocycles. The molecule has 1 aliphatic heterocycles. The molecule has 0 bridgehead atoms. The first-order valence-electron chi connectivity index (χ1n) is 9.55. The van der Waals surface area contributed by atoms with Gasteiger partial charge in [-0.25, -0.2) is 4.79 Å². The van der Waals surface area contributed by atoms with Crippen molar-refractivity contribution in [2.45, 2.75) is 26.4 Å². The second kappa shape index (κ2) is 8.23. The number of pyridine rings is 1. The van der Waals surface area contributed by atoms with E-state index in [4.69, 9.17) is 0 Å². The molecule has 0 saturated carbocycles. The summed E-state index contributed by atoms with van der Waals surface area (Å²) < 4.78 is 0. The lowest BCUT2D eigenvalue weighted by atomic mass is 9.97. The summed E-state index contributed by atoms with van der Waals surface area (Å²) in [6.07, 6.45) is 2.74. The fourth-order valence-corrected chi connectivity index (χ4v) is 3.56. The lowest BCUT2D eigenvalue weighted by Gasteiger charge is -2.29. The van der Waals surface area contributed by atoms with Crippen molar-refractivity contribution in [1.82, 2.24) is 9.88 Å². The van der Waals surface area contributed by atoms with E-state index in [2.05, 4.69) is 32.7 Å². The number of rotatable bonds is 4. The molecule has 2 amide bonds. The number of hydrogen-bond acceptors (Lipinski definition) is 3. The molecule has 1 aliphatic rings. The van der Waals surface area contributed by atoms with Crippen LogP contribution in [0.5, 0.6) is 0 Å². The number of aryl methyl sites for hydroxylation is 1. The third-order valence-electron chi connectivity index (χ3n) is 5.01. The molecule has 4 rings (SSSR count). The highest BCUT2D eigenvalue weighted by Gasteiger charge is 2.20. The number of carbonyl (C=O) groups is 1. The molecule has 0 atom stereocenters. The SMILES string of the molecule is Cc1ccc(NC(=O)Nc2cccc3c2CCN(Cc2ccccn2)C3)cc1. The van der Waals surface area contributed by atoms with Gasteiger partial charge in [0.25, 0.3) is 0 Å². The number of nitrogens with zero attached hydrogens (tertiary/aromatic N) is 2. The van der Waals surface area contributed by atoms with Crippen LogP contribution in [0.3, 0.4) is 0 Å². The van der Waals surface area contributed by atoms with Crippen LogP contribution in [0, 0.1) is 6.92 Å². The number of anilines is 2. The number of fused-ring (bicyclic) bond motifs is 1. The van der Waals surface area contributed by atoms with Gasteiger partial charge in [-0.15, -0.1) is 0 Å². The summed E-state index contributed by atoms with van der Waals surface area (Å²) in [5, 5.41) is 5.91. The number of aromatic nitrogens is 1. The van der Waals surface area contributed by atoms with Crippen molar-refractivity contribution in [1.29, 1.82) is 0 Å². The molecule has 0 aliphatic carbocycles. The highest BCUT2D eigenvalue weighted by atomic mass is 16.2. The van der Waals surface area contributed by atoms with Gasteiger partial charge in [-0.3, -0.25) is 9.88 Å². The van der Waals surface area contributed by atoms with Crippen LogP contribution in [-0.2, 0) is 19.5 Å². The molecule has 0 saturated heterocycles. The molecule has 2 heterocycles. The van der Waals surface area contributed by atoms with E-state index in [0.29, 0.717) is 0 Å². The predicted molar refractivity (Wildman–Crippen MR) is 112 cm³/mol. The van der Waals surface area contributed by atoms with E-state index >= 15 is 0 Å². The molecular formula is C23H24N4O. The molecule has 3 aromatic rings. The first-order valence-corrected chi connectivity index (χ1v) is 9.55. The Hall–Kier alpha value is -3.18. The van der Waals surface area contributed by atoms with Crippen LogP contribution in [0.25, 0.3) is 0 Å². The Kier molecular flexibility index (Phi) is 5.35. The second-order valence-corrected chi connectivity index (χ2v) is 7.17. The fraction of sp³-hybridized carbons (Fsp3) is 0.217. The van der Waals surface area contributed by atoms with Gasteiger partial charge in [0.15, 0.2) is 0 Å². The van der Waals surface area contributed by atoms with Crippen LogP contribution in [0.4, 0.5) is 16.2 Å². The van der Waals surface area contributed by atoms with Gasteiger partial charge in [-0.1, -0.05) is 35.9 Å². The maximum absolute atomic E-state index is 12.4. The number of carbonyl (C=O) groups excluding carboxylic acids is 1. The molecule has 5 nitrogen and oxygen atoms in total. The number of urea groups is 1. The summed E-state index contributed by atoms with van der Waals surface area (Å²) in [4.78, 5) is 19.2. The van der Waals surface area contributed by atoms with Gasteiger partial charge in [0.2, 0.25) is 0 Å². The summed E-state index contributed by atoms with van der Waals surface area (Å²) in [5.41, 5.74) is 6.40. The van der Waals surface area contributed by atoms with Crippen molar-refractivity contribution in [2.24, 2.45) is 0 Å². The average molecular weight is 372 g/mol. The van der Waals surface area contributed by atoms with Gasteiger partial charge in [0, 0.05) is 37.2 Å². The van der Waals surface area contributed by atoms with Crippen LogP contribution in [0.2, 0.25) is 0 Å². The quantitative estimate of drug-likeness (QED) is 0.704. The minimum Gasteiger partial charge on any atom is -0.308 e. The maximum Gasteiger partial charge on any atom is 0.323 e. The van der Waals surface area contributed by atoms with E-state index in [1.54, 1.807) is 0 Å². The fourth-order valence-electron chi connectivity index (χ4n) is 3.56. The molecule has 142 valence electrons. The van der Waals surface area contributed by atoms with Crippen LogP contribution >= 0.6 is 0 Å². The Bertz CT molecular complexity index is 954. The van der Waals surface area contributed by atoms with Gasteiger partial charge < -0.3 is 10.6 Å². The Labute approximate surface area is 165 Å². The number of hydrogen-bond donors (Lipinski definition) is 2. The molecule has 0 spiro atoms. The zero-order valence-electron chi connectivity index (χ0n) is 16.0. The normalized spacial score (nSPS) is 13.6.